The van der Waals surface area contributed by atoms with Crippen molar-refractivity contribution >= 4 is 0 Å². The Balaban J connectivity index is 2.03. The molecular formula is C15H9F6N5O2. The van der Waals surface area contributed by atoms with Crippen LogP contribution in [0.1, 0.15) is 30.9 Å². The average Bonchev–Trinajstić information content (AvgIpc) is 3.21. The second kappa shape index (κ2) is 5.45. The highest BCUT2D eigenvalue weighted by atomic mass is 19.4. The van der Waals surface area contributed by atoms with Gasteiger partial charge in [-0.3, -0.25) is 4.57 Å². The molecule has 0 spiro atoms. The highest BCUT2D eigenvalue weighted by molar-refractivity contribution is 5.56. The molecule has 1 aliphatic heterocycles. The summed E-state index contributed by atoms with van der Waals surface area (Å²) in [6.45, 7) is 2.84. The van der Waals surface area contributed by atoms with Crippen LogP contribution in [0, 0.1) is 0 Å². The fourth-order valence-corrected chi connectivity index (χ4v) is 2.79. The largest absolute Gasteiger partial charge is 0.475 e. The number of nitrogens with zero attached hydrogens (tertiary/aromatic N) is 5. The molecule has 13 heteroatoms. The van der Waals surface area contributed by atoms with Gasteiger partial charge in [0.1, 0.15) is 17.0 Å². The first-order chi connectivity index (χ1) is 12.9. The smallest absolute Gasteiger partial charge is 0.433 e. The maximum absolute atomic E-state index is 13.5. The lowest BCUT2D eigenvalue weighted by Gasteiger charge is -2.33. The Bertz CT molecular complexity index is 1050. The molecule has 0 fully saturated rings. The van der Waals surface area contributed by atoms with Gasteiger partial charge in [-0.1, -0.05) is 0 Å². The van der Waals surface area contributed by atoms with Crippen molar-refractivity contribution in [2.75, 3.05) is 0 Å². The van der Waals surface area contributed by atoms with Crippen molar-refractivity contribution < 1.29 is 35.5 Å². The van der Waals surface area contributed by atoms with Gasteiger partial charge in [-0.05, 0) is 19.9 Å². The lowest BCUT2D eigenvalue weighted by atomic mass is 10.1. The molecule has 28 heavy (non-hydrogen) atoms. The molecule has 0 radical (unpaired) electrons. The van der Waals surface area contributed by atoms with E-state index in [4.69, 9.17) is 9.15 Å². The quantitative estimate of drug-likeness (QED) is 0.570. The molecule has 0 saturated heterocycles. The van der Waals surface area contributed by atoms with E-state index >= 15 is 0 Å². The summed E-state index contributed by atoms with van der Waals surface area (Å²) in [5.74, 6) is -1.56. The van der Waals surface area contributed by atoms with Crippen LogP contribution in [0.25, 0.3) is 17.4 Å². The summed E-state index contributed by atoms with van der Waals surface area (Å²) in [6.07, 6.45) is -8.03. The fraction of sp³-hybridized carbons (Fsp3) is 0.333. The molecule has 7 nitrogen and oxygen atoms in total. The van der Waals surface area contributed by atoms with Crippen molar-refractivity contribution in [1.82, 2.24) is 24.7 Å². The van der Waals surface area contributed by atoms with E-state index in [0.29, 0.717) is 0 Å². The van der Waals surface area contributed by atoms with Crippen LogP contribution in [-0.2, 0) is 18.0 Å². The average molecular weight is 405 g/mol. The van der Waals surface area contributed by atoms with Gasteiger partial charge >= 0.3 is 12.4 Å². The number of ether oxygens (including phenoxy) is 1. The first-order valence-corrected chi connectivity index (χ1v) is 7.63. The van der Waals surface area contributed by atoms with Gasteiger partial charge < -0.3 is 9.15 Å². The predicted octanol–water partition coefficient (Wildman–Crippen LogP) is 3.98. The molecule has 3 aromatic heterocycles. The van der Waals surface area contributed by atoms with Crippen molar-refractivity contribution in [1.29, 1.82) is 0 Å². The summed E-state index contributed by atoms with van der Waals surface area (Å²) in [7, 11) is 0. The van der Waals surface area contributed by atoms with Gasteiger partial charge in [0.2, 0.25) is 6.39 Å². The molecule has 148 valence electrons. The monoisotopic (exact) mass is 405 g/mol. The van der Waals surface area contributed by atoms with E-state index in [2.05, 4.69) is 20.2 Å². The fourth-order valence-electron chi connectivity index (χ4n) is 2.79. The van der Waals surface area contributed by atoms with E-state index in [0.717, 1.165) is 11.0 Å². The SMILES string of the molecule is CC1(C)Oc2c(C(F)(F)F)cc(C(F)(F)F)nc2-n2cc(-c3nnco3)nc21. The first-order valence-electron chi connectivity index (χ1n) is 7.63. The van der Waals surface area contributed by atoms with E-state index in [1.807, 2.05) is 0 Å². The molecule has 3 aromatic rings. The van der Waals surface area contributed by atoms with Gasteiger partial charge in [0.15, 0.2) is 23.0 Å². The Morgan fingerprint density at radius 2 is 1.75 bits per heavy atom. The minimum absolute atomic E-state index is 0.0214. The lowest BCUT2D eigenvalue weighted by molar-refractivity contribution is -0.147. The van der Waals surface area contributed by atoms with Gasteiger partial charge in [0.05, 0.1) is 0 Å². The van der Waals surface area contributed by atoms with E-state index < -0.39 is 40.8 Å². The van der Waals surface area contributed by atoms with E-state index in [9.17, 15) is 26.3 Å². The number of hydrogen-bond acceptors (Lipinski definition) is 6. The Morgan fingerprint density at radius 3 is 2.32 bits per heavy atom. The van der Waals surface area contributed by atoms with Gasteiger partial charge in [-0.2, -0.15) is 26.3 Å². The topological polar surface area (TPSA) is 78.9 Å². The maximum atomic E-state index is 13.5. The van der Waals surface area contributed by atoms with E-state index in [1.165, 1.54) is 20.0 Å². The number of alkyl halides is 6. The molecule has 0 N–H and O–H groups in total. The van der Waals surface area contributed by atoms with Crippen LogP contribution in [0.15, 0.2) is 23.1 Å². The molecular weight excluding hydrogens is 396 g/mol. The molecule has 0 bridgehead atoms. The van der Waals surface area contributed by atoms with Crippen LogP contribution < -0.4 is 4.74 Å². The third-order valence-electron chi connectivity index (χ3n) is 3.96. The number of rotatable bonds is 1. The van der Waals surface area contributed by atoms with Crippen LogP contribution in [0.3, 0.4) is 0 Å². The summed E-state index contributed by atoms with van der Waals surface area (Å²) in [6, 6.07) is -0.0737. The minimum atomic E-state index is -5.10. The number of pyridine rings is 1. The Hall–Kier alpha value is -3.12. The molecule has 0 saturated carbocycles. The summed E-state index contributed by atoms with van der Waals surface area (Å²) < 4.78 is 91.3. The van der Waals surface area contributed by atoms with Gasteiger partial charge in [0.25, 0.3) is 5.89 Å². The number of halogens is 6. The zero-order valence-corrected chi connectivity index (χ0v) is 14.1. The van der Waals surface area contributed by atoms with Crippen LogP contribution in [0.4, 0.5) is 26.3 Å². The van der Waals surface area contributed by atoms with Crippen molar-refractivity contribution in [2.45, 2.75) is 31.8 Å². The zero-order valence-electron chi connectivity index (χ0n) is 14.1. The second-order valence-electron chi connectivity index (χ2n) is 6.38. The van der Waals surface area contributed by atoms with Crippen LogP contribution in [0.5, 0.6) is 5.75 Å². The van der Waals surface area contributed by atoms with E-state index in [-0.39, 0.29) is 23.5 Å². The van der Waals surface area contributed by atoms with Gasteiger partial charge in [-0.15, -0.1) is 10.2 Å². The third kappa shape index (κ3) is 2.77. The number of hydrogen-bond donors (Lipinski definition) is 0. The van der Waals surface area contributed by atoms with Crippen molar-refractivity contribution in [3.05, 3.63) is 35.7 Å². The normalized spacial score (nSPS) is 15.7. The van der Waals surface area contributed by atoms with Crippen molar-refractivity contribution in [2.24, 2.45) is 0 Å². The second-order valence-corrected chi connectivity index (χ2v) is 6.38. The van der Waals surface area contributed by atoms with E-state index in [1.54, 1.807) is 0 Å². The Labute approximate surface area is 152 Å². The van der Waals surface area contributed by atoms with Crippen molar-refractivity contribution in [3.8, 4) is 23.2 Å². The van der Waals surface area contributed by atoms with Crippen LogP contribution in [-0.4, -0.2) is 24.7 Å². The maximum Gasteiger partial charge on any atom is 0.433 e. The molecule has 0 aromatic carbocycles. The Morgan fingerprint density at radius 1 is 1.04 bits per heavy atom. The van der Waals surface area contributed by atoms with Crippen LogP contribution in [0.2, 0.25) is 0 Å². The highest BCUT2D eigenvalue weighted by Gasteiger charge is 2.46. The first kappa shape index (κ1) is 18.3. The molecule has 0 amide bonds. The van der Waals surface area contributed by atoms with Gasteiger partial charge in [0, 0.05) is 6.20 Å². The van der Waals surface area contributed by atoms with Crippen molar-refractivity contribution in [3.63, 3.8) is 0 Å². The summed E-state index contributed by atoms with van der Waals surface area (Å²) >= 11 is 0. The molecule has 1 aliphatic rings. The Kier molecular flexibility index (Phi) is 3.55. The lowest BCUT2D eigenvalue weighted by Crippen LogP contribution is -2.35. The summed E-state index contributed by atoms with van der Waals surface area (Å²) in [4.78, 5) is 7.53. The summed E-state index contributed by atoms with van der Waals surface area (Å²) in [5.41, 5.74) is -4.66. The molecule has 0 aliphatic carbocycles. The highest BCUT2D eigenvalue weighted by Crippen LogP contribution is 2.47. The third-order valence-corrected chi connectivity index (χ3v) is 3.96. The number of aromatic nitrogens is 5. The molecule has 0 unspecified atom stereocenters. The molecule has 4 rings (SSSR count). The number of fused-ring (bicyclic) bond motifs is 3. The van der Waals surface area contributed by atoms with Gasteiger partial charge in [-0.25, -0.2) is 9.97 Å². The standard InChI is InChI=1S/C15H9F6N5O2/c1-13(2)12-23-7(11-25-22-5-27-11)4-26(12)10-9(28-13)6(14(16,17)18)3-8(24-10)15(19,20)21/h3-5H,1-2H3. The number of imidazole rings is 1. The molecule has 4 heterocycles. The van der Waals surface area contributed by atoms with Crippen LogP contribution >= 0.6 is 0 Å². The predicted molar refractivity (Wildman–Crippen MR) is 78.3 cm³/mol. The minimum Gasteiger partial charge on any atom is -0.475 e. The zero-order chi connectivity index (χ0) is 20.5. The summed E-state index contributed by atoms with van der Waals surface area (Å²) in [5, 5.41) is 7.10. The molecule has 0 atom stereocenters.